The summed E-state index contributed by atoms with van der Waals surface area (Å²) < 4.78 is 164. The molecule has 0 aliphatic rings. The standard InChI is InChI=1S/C9H5F13O2/c10-4(2-1-3(23)24,6(12,13)9(20,21)22)5(11,7(14,15)16)8(17,18)19/h1-2H2,(H,23,24). The molecule has 0 aliphatic heterocycles. The molecule has 24 heavy (non-hydrogen) atoms. The Labute approximate surface area is 123 Å². The molecule has 0 bridgehead atoms. The van der Waals surface area contributed by atoms with Crippen molar-refractivity contribution in [3.05, 3.63) is 0 Å². The summed E-state index contributed by atoms with van der Waals surface area (Å²) in [6, 6.07) is 0. The van der Waals surface area contributed by atoms with Gasteiger partial charge < -0.3 is 5.11 Å². The van der Waals surface area contributed by atoms with Gasteiger partial charge >= 0.3 is 36.1 Å². The van der Waals surface area contributed by atoms with E-state index < -0.39 is 54.6 Å². The molecule has 0 amide bonds. The van der Waals surface area contributed by atoms with Gasteiger partial charge in [-0.05, 0) is 0 Å². The molecule has 0 saturated heterocycles. The van der Waals surface area contributed by atoms with E-state index in [-0.39, 0.29) is 0 Å². The van der Waals surface area contributed by atoms with Crippen LogP contribution in [-0.2, 0) is 4.79 Å². The van der Waals surface area contributed by atoms with Crippen molar-refractivity contribution in [1.82, 2.24) is 0 Å². The highest BCUT2D eigenvalue weighted by molar-refractivity contribution is 5.66. The predicted octanol–water partition coefficient (Wildman–Crippen LogP) is 4.59. The molecule has 144 valence electrons. The monoisotopic (exact) mass is 392 g/mol. The Morgan fingerprint density at radius 2 is 1.00 bits per heavy atom. The topological polar surface area (TPSA) is 37.3 Å². The average Bonchev–Trinajstić information content (AvgIpc) is 2.30. The third-order valence-electron chi connectivity index (χ3n) is 2.86. The Balaban J connectivity index is 6.76. The van der Waals surface area contributed by atoms with Crippen LogP contribution < -0.4 is 0 Å². The van der Waals surface area contributed by atoms with Crippen LogP contribution in [0, 0.1) is 0 Å². The van der Waals surface area contributed by atoms with Crippen LogP contribution in [0.2, 0.25) is 0 Å². The molecule has 0 spiro atoms. The Hall–Kier alpha value is -1.44. The summed E-state index contributed by atoms with van der Waals surface area (Å²) in [6.07, 6.45) is -28.2. The summed E-state index contributed by atoms with van der Waals surface area (Å²) in [5, 5.41) is 8.04. The fourth-order valence-corrected chi connectivity index (χ4v) is 1.66. The second-order valence-corrected chi connectivity index (χ2v) is 4.42. The number of hydrogen-bond donors (Lipinski definition) is 1. The molecule has 0 heterocycles. The lowest BCUT2D eigenvalue weighted by molar-refractivity contribution is -0.429. The molecule has 0 aromatic carbocycles. The van der Waals surface area contributed by atoms with E-state index >= 15 is 0 Å². The van der Waals surface area contributed by atoms with Gasteiger partial charge in [0, 0.05) is 12.8 Å². The first-order valence-corrected chi connectivity index (χ1v) is 5.34. The first-order chi connectivity index (χ1) is 10.2. The van der Waals surface area contributed by atoms with Gasteiger partial charge in [0.25, 0.3) is 0 Å². The fraction of sp³-hybridized carbons (Fsp3) is 0.889. The molecule has 15 heteroatoms. The van der Waals surface area contributed by atoms with E-state index in [1.54, 1.807) is 0 Å². The molecule has 0 aliphatic carbocycles. The van der Waals surface area contributed by atoms with Gasteiger partial charge in [-0.25, -0.2) is 8.78 Å². The van der Waals surface area contributed by atoms with E-state index in [0.717, 1.165) is 0 Å². The molecular weight excluding hydrogens is 387 g/mol. The van der Waals surface area contributed by atoms with E-state index in [1.807, 2.05) is 0 Å². The molecule has 0 aromatic rings. The molecule has 1 unspecified atom stereocenters. The first-order valence-electron chi connectivity index (χ1n) is 5.34. The van der Waals surface area contributed by atoms with Crippen molar-refractivity contribution >= 4 is 5.97 Å². The van der Waals surface area contributed by atoms with Crippen molar-refractivity contribution in [3.8, 4) is 0 Å². The molecule has 0 rings (SSSR count). The molecule has 0 saturated carbocycles. The van der Waals surface area contributed by atoms with Gasteiger partial charge in [-0.2, -0.15) is 48.3 Å². The molecule has 1 N–H and O–H groups in total. The summed E-state index contributed by atoms with van der Waals surface area (Å²) in [7, 11) is 0. The number of aliphatic carboxylic acids is 1. The van der Waals surface area contributed by atoms with E-state index in [0.29, 0.717) is 0 Å². The van der Waals surface area contributed by atoms with Gasteiger partial charge in [0.05, 0.1) is 0 Å². The fourth-order valence-electron chi connectivity index (χ4n) is 1.66. The minimum absolute atomic E-state index is 2.37. The molecule has 0 radical (unpaired) electrons. The van der Waals surface area contributed by atoms with Crippen molar-refractivity contribution in [2.24, 2.45) is 0 Å². The summed E-state index contributed by atoms with van der Waals surface area (Å²) >= 11 is 0. The minimum Gasteiger partial charge on any atom is -0.481 e. The van der Waals surface area contributed by atoms with Crippen LogP contribution in [0.4, 0.5) is 57.1 Å². The second kappa shape index (κ2) is 5.82. The maximum absolute atomic E-state index is 13.9. The van der Waals surface area contributed by atoms with Crippen molar-refractivity contribution in [2.45, 2.75) is 48.6 Å². The summed E-state index contributed by atoms with van der Waals surface area (Å²) in [4.78, 5) is 10.1. The van der Waals surface area contributed by atoms with E-state index in [4.69, 9.17) is 5.11 Å². The zero-order valence-corrected chi connectivity index (χ0v) is 10.7. The highest BCUT2D eigenvalue weighted by Crippen LogP contribution is 2.62. The lowest BCUT2D eigenvalue weighted by Crippen LogP contribution is -2.74. The van der Waals surface area contributed by atoms with Crippen molar-refractivity contribution in [3.63, 3.8) is 0 Å². The highest BCUT2D eigenvalue weighted by Gasteiger charge is 2.91. The average molecular weight is 392 g/mol. The Bertz CT molecular complexity index is 459. The Morgan fingerprint density at radius 1 is 0.667 bits per heavy atom. The van der Waals surface area contributed by atoms with Gasteiger partial charge in [-0.1, -0.05) is 0 Å². The van der Waals surface area contributed by atoms with Crippen LogP contribution in [0.1, 0.15) is 12.8 Å². The Kier molecular flexibility index (Phi) is 5.47. The zero-order valence-electron chi connectivity index (χ0n) is 10.7. The zero-order chi connectivity index (χ0) is 20.0. The smallest absolute Gasteiger partial charge is 0.456 e. The summed E-state index contributed by atoms with van der Waals surface area (Å²) in [5.74, 6) is -10.1. The largest absolute Gasteiger partial charge is 0.481 e. The SMILES string of the molecule is O=C(O)CCC(F)(C(F)(F)C(F)(F)F)C(F)(C(F)(F)F)C(F)(F)F. The van der Waals surface area contributed by atoms with Gasteiger partial charge in [0.15, 0.2) is 0 Å². The van der Waals surface area contributed by atoms with Crippen LogP contribution in [0.3, 0.4) is 0 Å². The lowest BCUT2D eigenvalue weighted by atomic mass is 9.76. The van der Waals surface area contributed by atoms with Gasteiger partial charge in [0.2, 0.25) is 5.67 Å². The Morgan fingerprint density at radius 3 is 1.21 bits per heavy atom. The number of carboxylic acid groups (broad SMARTS) is 1. The van der Waals surface area contributed by atoms with Gasteiger partial charge in [-0.3, -0.25) is 4.79 Å². The maximum Gasteiger partial charge on any atom is 0.456 e. The number of rotatable bonds is 5. The maximum atomic E-state index is 13.9. The molecule has 2 nitrogen and oxygen atoms in total. The summed E-state index contributed by atoms with van der Waals surface area (Å²) in [6.45, 7) is 0. The van der Waals surface area contributed by atoms with Crippen LogP contribution in [0.25, 0.3) is 0 Å². The van der Waals surface area contributed by atoms with Crippen molar-refractivity contribution in [1.29, 1.82) is 0 Å². The normalized spacial score (nSPS) is 17.5. The van der Waals surface area contributed by atoms with Crippen LogP contribution >= 0.6 is 0 Å². The molecular formula is C9H5F13O2. The third kappa shape index (κ3) is 3.20. The molecule has 1 atom stereocenters. The van der Waals surface area contributed by atoms with Crippen LogP contribution in [0.15, 0.2) is 0 Å². The van der Waals surface area contributed by atoms with Crippen molar-refractivity contribution in [2.75, 3.05) is 0 Å². The van der Waals surface area contributed by atoms with E-state index in [2.05, 4.69) is 0 Å². The lowest BCUT2D eigenvalue weighted by Gasteiger charge is -2.44. The number of carbonyl (C=O) groups is 1. The minimum atomic E-state index is -7.69. The van der Waals surface area contributed by atoms with Crippen LogP contribution in [0.5, 0.6) is 0 Å². The number of hydrogen-bond acceptors (Lipinski definition) is 1. The highest BCUT2D eigenvalue weighted by atomic mass is 19.4. The first kappa shape index (κ1) is 22.6. The number of alkyl halides is 13. The number of carboxylic acids is 1. The van der Waals surface area contributed by atoms with Crippen molar-refractivity contribution < 1.29 is 67.0 Å². The van der Waals surface area contributed by atoms with E-state index in [9.17, 15) is 61.9 Å². The molecule has 0 fully saturated rings. The summed E-state index contributed by atoms with van der Waals surface area (Å²) in [5.41, 5.74) is -14.7. The predicted molar refractivity (Wildman–Crippen MR) is 47.7 cm³/mol. The quantitative estimate of drug-likeness (QED) is 0.696. The van der Waals surface area contributed by atoms with Gasteiger partial charge in [0.1, 0.15) is 0 Å². The number of halogens is 13. The molecule has 0 aromatic heterocycles. The van der Waals surface area contributed by atoms with E-state index in [1.165, 1.54) is 0 Å². The van der Waals surface area contributed by atoms with Gasteiger partial charge in [-0.15, -0.1) is 0 Å². The third-order valence-corrected chi connectivity index (χ3v) is 2.86. The van der Waals surface area contributed by atoms with Crippen LogP contribution in [-0.4, -0.2) is 46.9 Å². The second-order valence-electron chi connectivity index (χ2n) is 4.42.